The predicted octanol–water partition coefficient (Wildman–Crippen LogP) is -3.46. The molecule has 0 spiro atoms. The van der Waals surface area contributed by atoms with Crippen molar-refractivity contribution in [1.82, 2.24) is 0 Å². The molecule has 0 nitrogen and oxygen atoms in total. The maximum Gasteiger partial charge on any atom is 4.00 e. The third kappa shape index (κ3) is 6.63. The molecule has 0 atom stereocenters. The Morgan fingerprint density at radius 3 is 1.56 bits per heavy atom. The van der Waals surface area contributed by atoms with Crippen molar-refractivity contribution >= 4 is 0 Å². The van der Waals surface area contributed by atoms with Gasteiger partial charge in [0.1, 0.15) is 0 Å². The van der Waals surface area contributed by atoms with Gasteiger partial charge in [0.05, 0.1) is 0 Å². The van der Waals surface area contributed by atoms with E-state index in [2.05, 4.69) is 86.7 Å². The van der Waals surface area contributed by atoms with Crippen molar-refractivity contribution in [3.05, 3.63) is 95.1 Å². The minimum Gasteiger partial charge on any atom is -1.00 e. The zero-order chi connectivity index (χ0) is 14.7. The van der Waals surface area contributed by atoms with Crippen LogP contribution in [-0.4, -0.2) is 0 Å². The Balaban J connectivity index is 0. The van der Waals surface area contributed by atoms with E-state index in [0.717, 1.165) is 6.42 Å². The summed E-state index contributed by atoms with van der Waals surface area (Å²) in [6.07, 6.45) is 7.01. The normalized spacial score (nSPS) is 12.2. The van der Waals surface area contributed by atoms with Crippen molar-refractivity contribution in [3.63, 3.8) is 0 Å². The smallest absolute Gasteiger partial charge is 1.00 e. The van der Waals surface area contributed by atoms with Crippen LogP contribution in [0.1, 0.15) is 37.3 Å². The summed E-state index contributed by atoms with van der Waals surface area (Å²) < 4.78 is 0. The summed E-state index contributed by atoms with van der Waals surface area (Å²) in [5, 5.41) is 0. The quantitative estimate of drug-likeness (QED) is 0.352. The van der Waals surface area contributed by atoms with Gasteiger partial charge in [0.15, 0.2) is 0 Å². The van der Waals surface area contributed by atoms with E-state index < -0.39 is 0 Å². The molecule has 0 saturated carbocycles. The maximum atomic E-state index is 3.67. The largest absolute Gasteiger partial charge is 4.00 e. The number of hydrogen-bond donors (Lipinski definition) is 0. The zero-order valence-corrected chi connectivity index (χ0v) is 18.2. The number of hydrogen-bond acceptors (Lipinski definition) is 0. The SMILES string of the molecule is CC(C)C1=CCC(C(c2ccccc2)c2ccccc2)=[C-]1.[Cl-].[Cl-].[Cl-].[Ti+4]. The van der Waals surface area contributed by atoms with E-state index in [0.29, 0.717) is 11.8 Å². The molecule has 0 heterocycles. The zero-order valence-electron chi connectivity index (χ0n) is 14.3. The third-order valence-electron chi connectivity index (χ3n) is 4.08. The van der Waals surface area contributed by atoms with Crippen LogP contribution in [-0.2, 0) is 21.7 Å². The molecule has 130 valence electrons. The molecule has 0 fully saturated rings. The predicted molar refractivity (Wildman–Crippen MR) is 89.0 cm³/mol. The fourth-order valence-electron chi connectivity index (χ4n) is 2.96. The third-order valence-corrected chi connectivity index (χ3v) is 4.08. The summed E-state index contributed by atoms with van der Waals surface area (Å²) in [6, 6.07) is 21.5. The van der Waals surface area contributed by atoms with Crippen molar-refractivity contribution in [3.8, 4) is 0 Å². The molecule has 0 saturated heterocycles. The first-order valence-electron chi connectivity index (χ1n) is 7.68. The Labute approximate surface area is 185 Å². The summed E-state index contributed by atoms with van der Waals surface area (Å²) in [4.78, 5) is 0. The summed E-state index contributed by atoms with van der Waals surface area (Å²) in [5.41, 5.74) is 5.44. The van der Waals surface area contributed by atoms with E-state index in [4.69, 9.17) is 0 Å². The molecule has 0 amide bonds. The van der Waals surface area contributed by atoms with Crippen molar-refractivity contribution in [2.75, 3.05) is 0 Å². The molecule has 4 heteroatoms. The topological polar surface area (TPSA) is 0 Å². The van der Waals surface area contributed by atoms with E-state index in [9.17, 15) is 0 Å². The van der Waals surface area contributed by atoms with Crippen LogP contribution in [0, 0.1) is 12.0 Å². The van der Waals surface area contributed by atoms with Crippen molar-refractivity contribution < 1.29 is 58.9 Å². The molecule has 0 aliphatic heterocycles. The number of rotatable bonds is 4. The fraction of sp³-hybridized carbons (Fsp3) is 0.238. The van der Waals surface area contributed by atoms with Crippen LogP contribution in [0.3, 0.4) is 0 Å². The molecule has 0 bridgehead atoms. The van der Waals surface area contributed by atoms with Gasteiger partial charge >= 0.3 is 21.7 Å². The monoisotopic (exact) mass is 426 g/mol. The van der Waals surface area contributed by atoms with Gasteiger partial charge in [-0.15, -0.1) is 0 Å². The van der Waals surface area contributed by atoms with Gasteiger partial charge in [-0.1, -0.05) is 86.8 Å². The second kappa shape index (κ2) is 12.8. The Hall–Kier alpha value is -0.496. The van der Waals surface area contributed by atoms with Crippen LogP contribution >= 0.6 is 0 Å². The molecule has 0 aromatic heterocycles. The van der Waals surface area contributed by atoms with Crippen molar-refractivity contribution in [2.24, 2.45) is 5.92 Å². The van der Waals surface area contributed by atoms with Crippen molar-refractivity contribution in [2.45, 2.75) is 26.2 Å². The number of halogens is 3. The van der Waals surface area contributed by atoms with E-state index in [-0.39, 0.29) is 58.9 Å². The standard InChI is InChI=1S/C21H21.3ClH.Ti/c1-16(2)19-13-14-20(15-19)21(17-9-5-3-6-10-17)18-11-7-4-8-12-18;;;;/h3-13,16,21H,14H2,1-2H3;3*1H;/q-1;;;;+4/p-3. The molecular weight excluding hydrogens is 406 g/mol. The van der Waals surface area contributed by atoms with E-state index in [1.54, 1.807) is 0 Å². The average molecular weight is 428 g/mol. The van der Waals surface area contributed by atoms with Gasteiger partial charge in [0.2, 0.25) is 0 Å². The Bertz CT molecular complexity index is 625. The van der Waals surface area contributed by atoms with E-state index >= 15 is 0 Å². The molecule has 0 radical (unpaired) electrons. The summed E-state index contributed by atoms with van der Waals surface area (Å²) in [7, 11) is 0. The van der Waals surface area contributed by atoms with E-state index in [1.165, 1.54) is 22.3 Å². The second-order valence-electron chi connectivity index (χ2n) is 5.92. The van der Waals surface area contributed by atoms with Crippen LogP contribution in [0.5, 0.6) is 0 Å². The first-order chi connectivity index (χ1) is 10.3. The van der Waals surface area contributed by atoms with Gasteiger partial charge in [0.25, 0.3) is 0 Å². The molecule has 1 aliphatic carbocycles. The molecule has 1 aliphatic rings. The molecule has 25 heavy (non-hydrogen) atoms. The fourth-order valence-corrected chi connectivity index (χ4v) is 2.96. The van der Waals surface area contributed by atoms with Crippen molar-refractivity contribution in [1.29, 1.82) is 0 Å². The Morgan fingerprint density at radius 1 is 0.760 bits per heavy atom. The molecule has 2 aromatic carbocycles. The van der Waals surface area contributed by atoms with Crippen LogP contribution in [0.2, 0.25) is 0 Å². The molecular formula is C21H21Cl3Ti. The summed E-state index contributed by atoms with van der Waals surface area (Å²) >= 11 is 0. The van der Waals surface area contributed by atoms with Crippen LogP contribution in [0.25, 0.3) is 0 Å². The molecule has 2 aromatic rings. The average Bonchev–Trinajstić information content (AvgIpc) is 3.00. The van der Waals surface area contributed by atoms with Gasteiger partial charge in [-0.2, -0.15) is 5.57 Å². The molecule has 0 unspecified atom stereocenters. The van der Waals surface area contributed by atoms with Crippen LogP contribution < -0.4 is 37.2 Å². The first-order valence-corrected chi connectivity index (χ1v) is 7.68. The molecule has 0 N–H and O–H groups in total. The van der Waals surface area contributed by atoms with Gasteiger partial charge < -0.3 is 37.2 Å². The Kier molecular flexibility index (Phi) is 13.7. The van der Waals surface area contributed by atoms with E-state index in [1.807, 2.05) is 0 Å². The van der Waals surface area contributed by atoms with Gasteiger partial charge in [-0.3, -0.25) is 0 Å². The molecule has 3 rings (SSSR count). The minimum absolute atomic E-state index is 0. The van der Waals surface area contributed by atoms with Gasteiger partial charge in [-0.05, 0) is 11.1 Å². The second-order valence-corrected chi connectivity index (χ2v) is 5.92. The van der Waals surface area contributed by atoms with Gasteiger partial charge in [0, 0.05) is 5.92 Å². The van der Waals surface area contributed by atoms with Crippen LogP contribution in [0.15, 0.2) is 77.9 Å². The summed E-state index contributed by atoms with van der Waals surface area (Å²) in [5.74, 6) is 0.870. The number of benzene rings is 2. The summed E-state index contributed by atoms with van der Waals surface area (Å²) in [6.45, 7) is 4.48. The van der Waals surface area contributed by atoms with Crippen LogP contribution in [0.4, 0.5) is 0 Å². The Morgan fingerprint density at radius 2 is 1.20 bits per heavy atom. The van der Waals surface area contributed by atoms with Gasteiger partial charge in [-0.25, -0.2) is 17.7 Å². The maximum absolute atomic E-state index is 3.67. The minimum atomic E-state index is 0. The number of allylic oxidation sites excluding steroid dienone is 4. The first kappa shape index (κ1) is 26.7.